The van der Waals surface area contributed by atoms with E-state index in [0.29, 0.717) is 6.04 Å². The predicted molar refractivity (Wildman–Crippen MR) is 84.8 cm³/mol. The summed E-state index contributed by atoms with van der Waals surface area (Å²) >= 11 is 1.81. The zero-order valence-corrected chi connectivity index (χ0v) is 13.0. The van der Waals surface area contributed by atoms with E-state index in [1.54, 1.807) is 0 Å². The Kier molecular flexibility index (Phi) is 6.21. The third-order valence-electron chi connectivity index (χ3n) is 3.75. The fourth-order valence-corrected chi connectivity index (χ4v) is 3.17. The molecule has 19 heavy (non-hydrogen) atoms. The van der Waals surface area contributed by atoms with E-state index in [1.807, 2.05) is 11.8 Å². The molecule has 0 aromatic heterocycles. The summed E-state index contributed by atoms with van der Waals surface area (Å²) < 4.78 is 0. The highest BCUT2D eigenvalue weighted by Crippen LogP contribution is 2.16. The maximum Gasteiger partial charge on any atom is 0.0234 e. The van der Waals surface area contributed by atoms with E-state index >= 15 is 0 Å². The first-order chi connectivity index (χ1) is 9.31. The predicted octanol–water partition coefficient (Wildman–Crippen LogP) is 3.37. The van der Waals surface area contributed by atoms with Crippen LogP contribution in [0.4, 0.5) is 0 Å². The first kappa shape index (κ1) is 14.9. The standard InChI is InChI=1S/C16H26N2S/c1-3-11-18(13-15-5-4-10-17-15)12-14-6-8-16(19-2)9-7-14/h6-9,15,17H,3-5,10-13H2,1-2H3. The molecule has 1 atom stereocenters. The molecule has 1 aliphatic heterocycles. The Morgan fingerprint density at radius 3 is 2.68 bits per heavy atom. The lowest BCUT2D eigenvalue weighted by Gasteiger charge is -2.25. The van der Waals surface area contributed by atoms with Gasteiger partial charge in [-0.3, -0.25) is 4.90 Å². The van der Waals surface area contributed by atoms with Crippen LogP contribution in [0.3, 0.4) is 0 Å². The van der Waals surface area contributed by atoms with E-state index in [2.05, 4.69) is 47.7 Å². The molecule has 1 aliphatic rings. The number of benzene rings is 1. The summed E-state index contributed by atoms with van der Waals surface area (Å²) in [5.74, 6) is 0. The molecule has 1 N–H and O–H groups in total. The van der Waals surface area contributed by atoms with Crippen LogP contribution in [0, 0.1) is 0 Å². The minimum atomic E-state index is 0.706. The second kappa shape index (κ2) is 7.93. The topological polar surface area (TPSA) is 15.3 Å². The summed E-state index contributed by atoms with van der Waals surface area (Å²) in [5.41, 5.74) is 1.43. The second-order valence-electron chi connectivity index (χ2n) is 5.38. The molecular weight excluding hydrogens is 252 g/mol. The highest BCUT2D eigenvalue weighted by atomic mass is 32.2. The van der Waals surface area contributed by atoms with E-state index in [1.165, 1.54) is 49.4 Å². The Morgan fingerprint density at radius 2 is 2.11 bits per heavy atom. The minimum absolute atomic E-state index is 0.706. The monoisotopic (exact) mass is 278 g/mol. The number of nitrogens with one attached hydrogen (secondary N) is 1. The molecule has 2 rings (SSSR count). The number of thioether (sulfide) groups is 1. The Hall–Kier alpha value is -0.510. The van der Waals surface area contributed by atoms with Crippen molar-refractivity contribution in [2.75, 3.05) is 25.9 Å². The highest BCUT2D eigenvalue weighted by Gasteiger charge is 2.17. The Bertz CT molecular complexity index is 358. The van der Waals surface area contributed by atoms with E-state index in [0.717, 1.165) is 6.54 Å². The quantitative estimate of drug-likeness (QED) is 0.770. The van der Waals surface area contributed by atoms with Gasteiger partial charge in [0.05, 0.1) is 0 Å². The Morgan fingerprint density at radius 1 is 1.32 bits per heavy atom. The molecular formula is C16H26N2S. The van der Waals surface area contributed by atoms with Gasteiger partial charge in [0.1, 0.15) is 0 Å². The van der Waals surface area contributed by atoms with Gasteiger partial charge in [-0.25, -0.2) is 0 Å². The molecule has 0 radical (unpaired) electrons. The second-order valence-corrected chi connectivity index (χ2v) is 6.26. The third-order valence-corrected chi connectivity index (χ3v) is 4.49. The first-order valence-corrected chi connectivity index (χ1v) is 8.63. The molecule has 2 nitrogen and oxygen atoms in total. The molecule has 1 aromatic rings. The van der Waals surface area contributed by atoms with Crippen LogP contribution in [0.5, 0.6) is 0 Å². The van der Waals surface area contributed by atoms with Gasteiger partial charge in [0.15, 0.2) is 0 Å². The van der Waals surface area contributed by atoms with Crippen molar-refractivity contribution < 1.29 is 0 Å². The molecule has 1 unspecified atom stereocenters. The van der Waals surface area contributed by atoms with Gasteiger partial charge in [-0.2, -0.15) is 0 Å². The number of hydrogen-bond donors (Lipinski definition) is 1. The van der Waals surface area contributed by atoms with Gasteiger partial charge < -0.3 is 5.32 Å². The zero-order chi connectivity index (χ0) is 13.5. The van der Waals surface area contributed by atoms with Gasteiger partial charge in [-0.1, -0.05) is 19.1 Å². The summed E-state index contributed by atoms with van der Waals surface area (Å²) in [6.07, 6.45) is 6.04. The van der Waals surface area contributed by atoms with Crippen molar-refractivity contribution in [3.63, 3.8) is 0 Å². The van der Waals surface area contributed by atoms with Gasteiger partial charge in [-0.05, 0) is 56.3 Å². The van der Waals surface area contributed by atoms with Crippen molar-refractivity contribution in [1.82, 2.24) is 10.2 Å². The van der Waals surface area contributed by atoms with Crippen molar-refractivity contribution in [3.8, 4) is 0 Å². The van der Waals surface area contributed by atoms with Crippen molar-refractivity contribution in [3.05, 3.63) is 29.8 Å². The van der Waals surface area contributed by atoms with Gasteiger partial charge in [0.2, 0.25) is 0 Å². The van der Waals surface area contributed by atoms with Crippen molar-refractivity contribution in [2.45, 2.75) is 43.7 Å². The zero-order valence-electron chi connectivity index (χ0n) is 12.2. The molecule has 1 heterocycles. The molecule has 0 saturated carbocycles. The maximum absolute atomic E-state index is 3.60. The van der Waals surface area contributed by atoms with Crippen molar-refractivity contribution >= 4 is 11.8 Å². The molecule has 0 aliphatic carbocycles. The average molecular weight is 278 g/mol. The van der Waals surface area contributed by atoms with Crippen molar-refractivity contribution in [1.29, 1.82) is 0 Å². The van der Waals surface area contributed by atoms with E-state index in [9.17, 15) is 0 Å². The highest BCUT2D eigenvalue weighted by molar-refractivity contribution is 7.98. The van der Waals surface area contributed by atoms with Gasteiger partial charge >= 0.3 is 0 Å². The summed E-state index contributed by atoms with van der Waals surface area (Å²) in [6, 6.07) is 9.72. The summed E-state index contributed by atoms with van der Waals surface area (Å²) in [7, 11) is 0. The maximum atomic E-state index is 3.60. The largest absolute Gasteiger partial charge is 0.313 e. The van der Waals surface area contributed by atoms with E-state index < -0.39 is 0 Å². The molecule has 1 fully saturated rings. The molecule has 0 amide bonds. The van der Waals surface area contributed by atoms with Gasteiger partial charge in [0, 0.05) is 24.0 Å². The number of nitrogens with zero attached hydrogens (tertiary/aromatic N) is 1. The van der Waals surface area contributed by atoms with E-state index in [4.69, 9.17) is 0 Å². The summed E-state index contributed by atoms with van der Waals surface area (Å²) in [6.45, 7) is 6.94. The third kappa shape index (κ3) is 4.83. The van der Waals surface area contributed by atoms with Gasteiger partial charge in [-0.15, -0.1) is 11.8 Å². The summed E-state index contributed by atoms with van der Waals surface area (Å²) in [4.78, 5) is 3.94. The minimum Gasteiger partial charge on any atom is -0.313 e. The van der Waals surface area contributed by atoms with Crippen LogP contribution in [0.25, 0.3) is 0 Å². The smallest absolute Gasteiger partial charge is 0.0234 e. The number of hydrogen-bond acceptors (Lipinski definition) is 3. The van der Waals surface area contributed by atoms with Crippen LogP contribution in [0.15, 0.2) is 29.2 Å². The molecule has 1 aromatic carbocycles. The SMILES string of the molecule is CCCN(Cc1ccc(SC)cc1)CC1CCCN1. The summed E-state index contributed by atoms with van der Waals surface area (Å²) in [5, 5.41) is 3.60. The fraction of sp³-hybridized carbons (Fsp3) is 0.625. The van der Waals surface area contributed by atoms with Crippen molar-refractivity contribution in [2.24, 2.45) is 0 Å². The Labute approximate surface area is 122 Å². The lowest BCUT2D eigenvalue weighted by molar-refractivity contribution is 0.241. The fourth-order valence-electron chi connectivity index (χ4n) is 2.76. The molecule has 106 valence electrons. The first-order valence-electron chi connectivity index (χ1n) is 7.40. The van der Waals surface area contributed by atoms with Crippen LogP contribution < -0.4 is 5.32 Å². The van der Waals surface area contributed by atoms with Crippen LogP contribution in [-0.4, -0.2) is 36.8 Å². The van der Waals surface area contributed by atoms with Crippen LogP contribution in [0.2, 0.25) is 0 Å². The van der Waals surface area contributed by atoms with Gasteiger partial charge in [0.25, 0.3) is 0 Å². The molecule has 1 saturated heterocycles. The molecule has 3 heteroatoms. The Balaban J connectivity index is 1.90. The van der Waals surface area contributed by atoms with E-state index in [-0.39, 0.29) is 0 Å². The lowest BCUT2D eigenvalue weighted by Crippen LogP contribution is -2.37. The van der Waals surface area contributed by atoms with Crippen LogP contribution in [-0.2, 0) is 6.54 Å². The number of rotatable bonds is 7. The average Bonchev–Trinajstić information content (AvgIpc) is 2.93. The normalized spacial score (nSPS) is 19.2. The van der Waals surface area contributed by atoms with Crippen LogP contribution >= 0.6 is 11.8 Å². The lowest BCUT2D eigenvalue weighted by atomic mass is 10.1. The molecule has 0 bridgehead atoms. The van der Waals surface area contributed by atoms with Crippen LogP contribution in [0.1, 0.15) is 31.7 Å². The molecule has 0 spiro atoms.